The van der Waals surface area contributed by atoms with Crippen LogP contribution in [-0.2, 0) is 23.6 Å². The van der Waals surface area contributed by atoms with Crippen molar-refractivity contribution in [3.05, 3.63) is 29.8 Å². The molecule has 0 spiro atoms. The molecule has 1 rings (SSSR count). The van der Waals surface area contributed by atoms with Gasteiger partial charge in [0.1, 0.15) is 0 Å². The lowest BCUT2D eigenvalue weighted by Crippen LogP contribution is -3.00. The molecular formula is C21H40BrN2O5PS. The summed E-state index contributed by atoms with van der Waals surface area (Å²) in [6, 6.07) is 6.82. The summed E-state index contributed by atoms with van der Waals surface area (Å²) in [4.78, 5) is 0.285. The van der Waals surface area contributed by atoms with E-state index in [9.17, 15) is 13.0 Å². The van der Waals surface area contributed by atoms with Crippen molar-refractivity contribution in [2.45, 2.75) is 64.6 Å². The van der Waals surface area contributed by atoms with Crippen LogP contribution < -0.4 is 21.7 Å². The SMILES string of the molecule is Cc1ccc(S(=O)(=O)NCCC[N+](C)(C)CCCP(=O)(OC(C)C)OC(C)C)cc1.[Br-]. The molecule has 0 radical (unpaired) electrons. The van der Waals surface area contributed by atoms with Gasteiger partial charge in [0.2, 0.25) is 10.0 Å². The van der Waals surface area contributed by atoms with Gasteiger partial charge in [-0.2, -0.15) is 0 Å². The molecule has 0 saturated carbocycles. The number of halogens is 1. The number of nitrogens with one attached hydrogen (secondary N) is 1. The van der Waals surface area contributed by atoms with Crippen LogP contribution >= 0.6 is 7.60 Å². The van der Waals surface area contributed by atoms with Gasteiger partial charge < -0.3 is 30.5 Å². The van der Waals surface area contributed by atoms with E-state index in [1.165, 1.54) is 0 Å². The zero-order chi connectivity index (χ0) is 23.0. The van der Waals surface area contributed by atoms with Crippen molar-refractivity contribution in [1.82, 2.24) is 4.72 Å². The summed E-state index contributed by atoms with van der Waals surface area (Å²) in [5.74, 6) is 0. The number of aryl methyl sites for hydroxylation is 1. The molecule has 0 aliphatic rings. The van der Waals surface area contributed by atoms with Crippen molar-refractivity contribution in [1.29, 1.82) is 0 Å². The van der Waals surface area contributed by atoms with Crippen molar-refractivity contribution in [3.63, 3.8) is 0 Å². The number of quaternary nitrogens is 1. The minimum atomic E-state index is -3.48. The van der Waals surface area contributed by atoms with E-state index in [4.69, 9.17) is 9.05 Å². The molecule has 1 N–H and O–H groups in total. The van der Waals surface area contributed by atoms with Crippen LogP contribution in [0.15, 0.2) is 29.2 Å². The Balaban J connectivity index is 0.00000900. The van der Waals surface area contributed by atoms with Crippen LogP contribution in [0.25, 0.3) is 0 Å². The van der Waals surface area contributed by atoms with Crippen LogP contribution in [0.1, 0.15) is 46.1 Å². The Kier molecular flexibility index (Phi) is 13.3. The van der Waals surface area contributed by atoms with E-state index in [1.54, 1.807) is 24.3 Å². The van der Waals surface area contributed by atoms with E-state index in [2.05, 4.69) is 18.8 Å². The molecule has 0 aliphatic heterocycles. The highest BCUT2D eigenvalue weighted by Crippen LogP contribution is 2.51. The minimum Gasteiger partial charge on any atom is -1.00 e. The van der Waals surface area contributed by atoms with E-state index in [0.29, 0.717) is 30.0 Å². The van der Waals surface area contributed by atoms with E-state index < -0.39 is 17.6 Å². The molecule has 7 nitrogen and oxygen atoms in total. The molecule has 0 heterocycles. The maximum Gasteiger partial charge on any atom is 0.331 e. The summed E-state index contributed by atoms with van der Waals surface area (Å²) >= 11 is 0. The van der Waals surface area contributed by atoms with Gasteiger partial charge in [0.25, 0.3) is 0 Å². The van der Waals surface area contributed by atoms with Gasteiger partial charge in [0, 0.05) is 19.4 Å². The monoisotopic (exact) mass is 542 g/mol. The Hall–Kier alpha value is -0.280. The van der Waals surface area contributed by atoms with Gasteiger partial charge in [0.15, 0.2) is 0 Å². The van der Waals surface area contributed by atoms with Crippen molar-refractivity contribution >= 4 is 17.6 Å². The fourth-order valence-corrected chi connectivity index (χ4v) is 6.24. The largest absolute Gasteiger partial charge is 1.00 e. The van der Waals surface area contributed by atoms with Crippen LogP contribution in [-0.4, -0.2) is 65.0 Å². The zero-order valence-corrected chi connectivity index (χ0v) is 23.2. The summed E-state index contributed by atoms with van der Waals surface area (Å²) in [6.45, 7) is 11.3. The Bertz CT molecular complexity index is 784. The third-order valence-corrected chi connectivity index (χ3v) is 8.33. The first-order valence-corrected chi connectivity index (χ1v) is 13.8. The molecule has 182 valence electrons. The molecule has 0 amide bonds. The van der Waals surface area contributed by atoms with Crippen LogP contribution in [0.4, 0.5) is 0 Å². The van der Waals surface area contributed by atoms with Crippen LogP contribution in [0, 0.1) is 6.92 Å². The molecule has 1 aromatic rings. The average Bonchev–Trinajstić information content (AvgIpc) is 2.57. The first-order valence-electron chi connectivity index (χ1n) is 10.6. The van der Waals surface area contributed by atoms with Gasteiger partial charge in [0.05, 0.1) is 50.5 Å². The normalized spacial score (nSPS) is 12.9. The third kappa shape index (κ3) is 12.5. The molecule has 10 heteroatoms. The van der Waals surface area contributed by atoms with Gasteiger partial charge in [-0.15, -0.1) is 0 Å². The average molecular weight is 544 g/mol. The van der Waals surface area contributed by atoms with Gasteiger partial charge in [-0.25, -0.2) is 13.1 Å². The number of hydrogen-bond acceptors (Lipinski definition) is 5. The summed E-state index contributed by atoms with van der Waals surface area (Å²) in [5, 5.41) is 0. The second-order valence-electron chi connectivity index (χ2n) is 8.94. The van der Waals surface area contributed by atoms with E-state index in [-0.39, 0.29) is 34.1 Å². The topological polar surface area (TPSA) is 81.7 Å². The lowest BCUT2D eigenvalue weighted by molar-refractivity contribution is -0.890. The first-order chi connectivity index (χ1) is 13.7. The van der Waals surface area contributed by atoms with Crippen LogP contribution in [0.5, 0.6) is 0 Å². The fourth-order valence-electron chi connectivity index (χ4n) is 3.09. The predicted molar refractivity (Wildman–Crippen MR) is 122 cm³/mol. The van der Waals surface area contributed by atoms with Gasteiger partial charge in [-0.05, 0) is 46.8 Å². The molecular weight excluding hydrogens is 503 g/mol. The maximum absolute atomic E-state index is 12.9. The smallest absolute Gasteiger partial charge is 0.331 e. The highest BCUT2D eigenvalue weighted by Gasteiger charge is 2.28. The van der Waals surface area contributed by atoms with Crippen molar-refractivity contribution in [2.75, 3.05) is 39.9 Å². The second-order valence-corrected chi connectivity index (χ2v) is 12.8. The summed E-state index contributed by atoms with van der Waals surface area (Å²) < 4.78 is 52.2. The predicted octanol–water partition coefficient (Wildman–Crippen LogP) is 1.18. The van der Waals surface area contributed by atoms with E-state index in [0.717, 1.165) is 18.7 Å². The summed E-state index contributed by atoms with van der Waals surface area (Å²) in [5.41, 5.74) is 1.02. The zero-order valence-electron chi connectivity index (χ0n) is 19.9. The maximum atomic E-state index is 12.9. The van der Waals surface area contributed by atoms with Gasteiger partial charge in [-0.3, -0.25) is 4.57 Å². The Morgan fingerprint density at radius 2 is 1.45 bits per heavy atom. The van der Waals surface area contributed by atoms with Crippen molar-refractivity contribution < 1.29 is 43.5 Å². The van der Waals surface area contributed by atoms with Crippen LogP contribution in [0.3, 0.4) is 0 Å². The van der Waals surface area contributed by atoms with Crippen LogP contribution in [0.2, 0.25) is 0 Å². The standard InChI is InChI=1S/C21H40N2O5PS.BrH/c1-18(2)27-29(24,28-19(3)4)17-9-16-23(6,7)15-8-14-22-30(25,26)21-12-10-20(5)11-13-21;/h10-13,18-19,22H,8-9,14-17H2,1-7H3;1H/q+1;/p-1. The Morgan fingerprint density at radius 1 is 0.968 bits per heavy atom. The number of hydrogen-bond donors (Lipinski definition) is 1. The summed E-state index contributed by atoms with van der Waals surface area (Å²) in [6.07, 6.45) is 1.49. The second kappa shape index (κ2) is 13.4. The first kappa shape index (κ1) is 30.7. The molecule has 0 fully saturated rings. The van der Waals surface area contributed by atoms with E-state index >= 15 is 0 Å². The quantitative estimate of drug-likeness (QED) is 0.217. The lowest BCUT2D eigenvalue weighted by atomic mass is 10.2. The van der Waals surface area contributed by atoms with Gasteiger partial charge >= 0.3 is 7.60 Å². The Morgan fingerprint density at radius 3 is 1.94 bits per heavy atom. The molecule has 0 saturated heterocycles. The highest BCUT2D eigenvalue weighted by atomic mass is 79.9. The molecule has 0 aliphatic carbocycles. The minimum absolute atomic E-state index is 0. The fraction of sp³-hybridized carbons (Fsp3) is 0.714. The molecule has 0 bridgehead atoms. The molecule has 0 atom stereocenters. The van der Waals surface area contributed by atoms with E-state index in [1.807, 2.05) is 34.6 Å². The Labute approximate surface area is 199 Å². The number of benzene rings is 1. The highest BCUT2D eigenvalue weighted by molar-refractivity contribution is 7.89. The van der Waals surface area contributed by atoms with Gasteiger partial charge in [-0.1, -0.05) is 17.7 Å². The molecule has 0 aromatic heterocycles. The lowest BCUT2D eigenvalue weighted by Gasteiger charge is -2.31. The number of rotatable bonds is 14. The van der Waals surface area contributed by atoms with Crippen molar-refractivity contribution in [3.8, 4) is 0 Å². The molecule has 31 heavy (non-hydrogen) atoms. The summed E-state index contributed by atoms with van der Waals surface area (Å²) in [7, 11) is -2.41. The van der Waals surface area contributed by atoms with Crippen molar-refractivity contribution in [2.24, 2.45) is 0 Å². The molecule has 1 aromatic carbocycles. The number of nitrogens with zero attached hydrogens (tertiary/aromatic N) is 1. The third-order valence-electron chi connectivity index (χ3n) is 4.50. The number of sulfonamides is 1. The molecule has 0 unspecified atom stereocenters.